The number of hydrogen-bond acceptors (Lipinski definition) is 5. The van der Waals surface area contributed by atoms with Gasteiger partial charge in [-0.25, -0.2) is 0 Å². The van der Waals surface area contributed by atoms with E-state index in [1.54, 1.807) is 0 Å². The molecule has 1 saturated heterocycles. The Labute approximate surface area is 266 Å². The van der Waals surface area contributed by atoms with Crippen molar-refractivity contribution in [3.8, 4) is 0 Å². The van der Waals surface area contributed by atoms with Crippen molar-refractivity contribution in [1.82, 2.24) is 0 Å². The molecule has 1 aliphatic rings. The molecule has 0 N–H and O–H groups in total. The molecule has 0 unspecified atom stereocenters. The highest BCUT2D eigenvalue weighted by atomic mass is 28.4. The van der Waals surface area contributed by atoms with E-state index < -0.39 is 39.4 Å². The van der Waals surface area contributed by atoms with Crippen molar-refractivity contribution in [2.24, 2.45) is 0 Å². The SMILES string of the molecule is C=C/C=C1\O[C@H](CO[Si](C)(C)C(C)(C)C)[C@H](O[Si](C)(C)C(C)(C)C)[C@H](O[Si](C)(C)C(C)(C)C)[C@H]1O[Si](C)(C)C(C)(C)C. The van der Waals surface area contributed by atoms with Crippen molar-refractivity contribution in [3.05, 3.63) is 24.5 Å². The number of allylic oxidation sites excluding steroid dienone is 2. The zero-order valence-electron chi connectivity index (χ0n) is 31.4. The third-order valence-electron chi connectivity index (χ3n) is 11.0. The third-order valence-corrected chi connectivity index (χ3v) is 28.9. The summed E-state index contributed by atoms with van der Waals surface area (Å²) in [5, 5.41) is 0.143. The van der Waals surface area contributed by atoms with E-state index in [2.05, 4.69) is 142 Å². The highest BCUT2D eigenvalue weighted by Gasteiger charge is 2.55. The molecule has 42 heavy (non-hydrogen) atoms. The Morgan fingerprint density at radius 1 is 0.595 bits per heavy atom. The van der Waals surface area contributed by atoms with Gasteiger partial charge in [-0.05, 0) is 78.6 Å². The van der Waals surface area contributed by atoms with Crippen molar-refractivity contribution in [2.45, 2.75) is 180 Å². The van der Waals surface area contributed by atoms with Gasteiger partial charge in [-0.15, -0.1) is 0 Å². The normalized spacial score (nSPS) is 25.0. The largest absolute Gasteiger partial charge is 0.487 e. The average Bonchev–Trinajstić information content (AvgIpc) is 2.73. The summed E-state index contributed by atoms with van der Waals surface area (Å²) >= 11 is 0. The summed E-state index contributed by atoms with van der Waals surface area (Å²) in [6.45, 7) is 50.4. The molecule has 1 fully saturated rings. The molecule has 1 rings (SSSR count). The van der Waals surface area contributed by atoms with Crippen LogP contribution in [0.3, 0.4) is 0 Å². The molecule has 5 nitrogen and oxygen atoms in total. The second-order valence-corrected chi connectivity index (χ2v) is 37.6. The second-order valence-electron chi connectivity index (χ2n) is 18.5. The summed E-state index contributed by atoms with van der Waals surface area (Å²) in [6.07, 6.45) is 2.40. The quantitative estimate of drug-likeness (QED) is 0.219. The van der Waals surface area contributed by atoms with Crippen LogP contribution >= 0.6 is 0 Å². The third kappa shape index (κ3) is 9.50. The van der Waals surface area contributed by atoms with Gasteiger partial charge in [-0.3, -0.25) is 0 Å². The first kappa shape index (κ1) is 40.0. The standard InChI is InChI=1S/C33H70O5Si4/c1-22-23-25-27(36-40(16,17)31(5,6)7)29(38-42(20,21)33(11,12)13)28(37-41(18,19)32(8,9)10)26(35-25)24-34-39(14,15)30(2,3)4/h22-23,26-29H,1,24H2,2-21H3/b25-23-/t26-,27+,28+,29-/m1/s1. The van der Waals surface area contributed by atoms with Gasteiger partial charge in [0.1, 0.15) is 30.2 Å². The van der Waals surface area contributed by atoms with Gasteiger partial charge in [-0.2, -0.15) is 0 Å². The van der Waals surface area contributed by atoms with Crippen LogP contribution in [0.15, 0.2) is 24.5 Å². The summed E-state index contributed by atoms with van der Waals surface area (Å²) in [5.41, 5.74) is 0. The Morgan fingerprint density at radius 3 is 1.31 bits per heavy atom. The molecule has 0 amide bonds. The Morgan fingerprint density at radius 2 is 0.952 bits per heavy atom. The minimum Gasteiger partial charge on any atom is -0.487 e. The van der Waals surface area contributed by atoms with Gasteiger partial charge in [-0.1, -0.05) is 95.7 Å². The van der Waals surface area contributed by atoms with Gasteiger partial charge in [0, 0.05) is 0 Å². The lowest BCUT2D eigenvalue weighted by molar-refractivity contribution is -0.149. The van der Waals surface area contributed by atoms with Gasteiger partial charge in [0.15, 0.2) is 33.3 Å². The molecule has 1 heterocycles. The van der Waals surface area contributed by atoms with Crippen molar-refractivity contribution in [2.75, 3.05) is 6.61 Å². The molecular weight excluding hydrogens is 589 g/mol. The molecule has 0 saturated carbocycles. The lowest BCUT2D eigenvalue weighted by Crippen LogP contribution is -2.65. The summed E-state index contributed by atoms with van der Waals surface area (Å²) < 4.78 is 35.8. The van der Waals surface area contributed by atoms with Crippen LogP contribution in [-0.2, 0) is 22.4 Å². The first-order valence-corrected chi connectivity index (χ1v) is 27.6. The van der Waals surface area contributed by atoms with Gasteiger partial charge >= 0.3 is 0 Å². The first-order chi connectivity index (χ1) is 18.3. The molecule has 0 radical (unpaired) electrons. The fourth-order valence-electron chi connectivity index (χ4n) is 3.67. The molecule has 0 spiro atoms. The maximum absolute atomic E-state index is 7.43. The fraction of sp³-hybridized carbons (Fsp3) is 0.879. The maximum atomic E-state index is 7.43. The van der Waals surface area contributed by atoms with Crippen LogP contribution in [-0.4, -0.2) is 64.3 Å². The van der Waals surface area contributed by atoms with Crippen LogP contribution in [0.1, 0.15) is 83.1 Å². The fourth-order valence-corrected chi connectivity index (χ4v) is 8.53. The Balaban J connectivity index is 3.94. The Hall–Kier alpha value is -0.0125. The second kappa shape index (κ2) is 13.0. The number of ether oxygens (including phenoxy) is 1. The lowest BCUT2D eigenvalue weighted by atomic mass is 9.98. The van der Waals surface area contributed by atoms with Crippen LogP contribution in [0.25, 0.3) is 0 Å². The number of hydrogen-bond donors (Lipinski definition) is 0. The van der Waals surface area contributed by atoms with Crippen LogP contribution in [0.5, 0.6) is 0 Å². The molecule has 4 atom stereocenters. The first-order valence-electron chi connectivity index (χ1n) is 16.0. The highest BCUT2D eigenvalue weighted by molar-refractivity contribution is 6.75. The molecule has 0 bridgehead atoms. The van der Waals surface area contributed by atoms with Gasteiger partial charge in [0.2, 0.25) is 0 Å². The lowest BCUT2D eigenvalue weighted by Gasteiger charge is -2.53. The van der Waals surface area contributed by atoms with Gasteiger partial charge in [0.25, 0.3) is 0 Å². The van der Waals surface area contributed by atoms with E-state index in [0.29, 0.717) is 6.61 Å². The summed E-state index contributed by atoms with van der Waals surface area (Å²) in [4.78, 5) is 0. The predicted molar refractivity (Wildman–Crippen MR) is 193 cm³/mol. The molecule has 9 heteroatoms. The highest BCUT2D eigenvalue weighted by Crippen LogP contribution is 2.47. The molecule has 0 aromatic rings. The zero-order valence-corrected chi connectivity index (χ0v) is 35.4. The van der Waals surface area contributed by atoms with Crippen molar-refractivity contribution in [1.29, 1.82) is 0 Å². The van der Waals surface area contributed by atoms with Crippen LogP contribution in [0, 0.1) is 0 Å². The molecule has 0 aromatic heterocycles. The monoisotopic (exact) mass is 658 g/mol. The summed E-state index contributed by atoms with van der Waals surface area (Å²) in [7, 11) is -8.79. The van der Waals surface area contributed by atoms with Gasteiger partial charge in [0.05, 0.1) is 6.61 Å². The zero-order chi connectivity index (χ0) is 33.5. The van der Waals surface area contributed by atoms with Crippen LogP contribution in [0.2, 0.25) is 72.5 Å². The van der Waals surface area contributed by atoms with E-state index in [9.17, 15) is 0 Å². The summed E-state index contributed by atoms with van der Waals surface area (Å²) in [6, 6.07) is 0. The predicted octanol–water partition coefficient (Wildman–Crippen LogP) is 10.6. The van der Waals surface area contributed by atoms with Crippen molar-refractivity contribution in [3.63, 3.8) is 0 Å². The maximum Gasteiger partial charge on any atom is 0.193 e. The molecule has 0 aromatic carbocycles. The molecule has 1 aliphatic heterocycles. The molecular formula is C33H70O5Si4. The van der Waals surface area contributed by atoms with Crippen molar-refractivity contribution >= 4 is 33.3 Å². The van der Waals surface area contributed by atoms with Crippen LogP contribution < -0.4 is 0 Å². The van der Waals surface area contributed by atoms with Crippen molar-refractivity contribution < 1.29 is 22.4 Å². The van der Waals surface area contributed by atoms with E-state index in [1.165, 1.54) is 0 Å². The van der Waals surface area contributed by atoms with Gasteiger partial charge < -0.3 is 22.4 Å². The Kier molecular flexibility index (Phi) is 12.4. The Bertz CT molecular complexity index is 943. The molecule has 248 valence electrons. The van der Waals surface area contributed by atoms with E-state index in [4.69, 9.17) is 22.4 Å². The van der Waals surface area contributed by atoms with E-state index >= 15 is 0 Å². The summed E-state index contributed by atoms with van der Waals surface area (Å²) in [5.74, 6) is 0.775. The van der Waals surface area contributed by atoms with E-state index in [1.807, 2.05) is 12.2 Å². The molecule has 0 aliphatic carbocycles. The smallest absolute Gasteiger partial charge is 0.193 e. The minimum atomic E-state index is -2.26. The number of rotatable bonds is 10. The minimum absolute atomic E-state index is 0.0177. The topological polar surface area (TPSA) is 46.2 Å². The average molecular weight is 659 g/mol. The van der Waals surface area contributed by atoms with E-state index in [0.717, 1.165) is 5.76 Å². The van der Waals surface area contributed by atoms with E-state index in [-0.39, 0.29) is 38.5 Å². The van der Waals surface area contributed by atoms with Crippen LogP contribution in [0.4, 0.5) is 0 Å².